The van der Waals surface area contributed by atoms with Crippen molar-refractivity contribution in [3.8, 4) is 11.5 Å². The van der Waals surface area contributed by atoms with Crippen molar-refractivity contribution in [3.05, 3.63) is 48.0 Å². The number of carbonyl (C=O) groups is 1. The summed E-state index contributed by atoms with van der Waals surface area (Å²) in [4.78, 5) is 14.0. The van der Waals surface area contributed by atoms with E-state index >= 15 is 0 Å². The maximum absolute atomic E-state index is 12.0. The van der Waals surface area contributed by atoms with E-state index in [9.17, 15) is 4.79 Å². The van der Waals surface area contributed by atoms with Gasteiger partial charge < -0.3 is 25.0 Å². The minimum Gasteiger partial charge on any atom is -0.454 e. The van der Waals surface area contributed by atoms with Crippen molar-refractivity contribution in [2.24, 2.45) is 0 Å². The Morgan fingerprint density at radius 2 is 1.84 bits per heavy atom. The van der Waals surface area contributed by atoms with Gasteiger partial charge in [0, 0.05) is 45.0 Å². The summed E-state index contributed by atoms with van der Waals surface area (Å²) in [5, 5.41) is 6.18. The van der Waals surface area contributed by atoms with Gasteiger partial charge in [0.15, 0.2) is 11.5 Å². The maximum Gasteiger partial charge on any atom is 0.231 e. The Labute approximate surface area is 147 Å². The first kappa shape index (κ1) is 17.1. The van der Waals surface area contributed by atoms with Crippen LogP contribution in [0, 0.1) is 0 Å². The van der Waals surface area contributed by atoms with E-state index in [2.05, 4.69) is 10.6 Å². The molecule has 6 heteroatoms. The third kappa shape index (κ3) is 4.64. The van der Waals surface area contributed by atoms with Gasteiger partial charge in [0.2, 0.25) is 12.7 Å². The number of ether oxygens (including phenoxy) is 2. The van der Waals surface area contributed by atoms with Gasteiger partial charge >= 0.3 is 0 Å². The fourth-order valence-electron chi connectivity index (χ4n) is 2.55. The smallest absolute Gasteiger partial charge is 0.231 e. The number of rotatable bonds is 7. The molecule has 0 saturated heterocycles. The molecule has 2 aromatic rings. The summed E-state index contributed by atoms with van der Waals surface area (Å²) in [6.45, 7) is 1.57. The van der Waals surface area contributed by atoms with E-state index in [1.54, 1.807) is 0 Å². The summed E-state index contributed by atoms with van der Waals surface area (Å²) in [7, 11) is 3.97. The lowest BCUT2D eigenvalue weighted by Gasteiger charge is -2.13. The van der Waals surface area contributed by atoms with Crippen LogP contribution in [-0.2, 0) is 11.3 Å². The van der Waals surface area contributed by atoms with Crippen LogP contribution < -0.4 is 25.0 Å². The number of nitrogens with one attached hydrogen (secondary N) is 2. The Hall–Kier alpha value is -2.73. The molecule has 0 saturated carbocycles. The highest BCUT2D eigenvalue weighted by molar-refractivity contribution is 5.91. The largest absolute Gasteiger partial charge is 0.454 e. The Morgan fingerprint density at radius 3 is 2.60 bits per heavy atom. The summed E-state index contributed by atoms with van der Waals surface area (Å²) < 4.78 is 10.6. The van der Waals surface area contributed by atoms with Crippen molar-refractivity contribution in [1.29, 1.82) is 0 Å². The van der Waals surface area contributed by atoms with Crippen LogP contribution in [-0.4, -0.2) is 33.3 Å². The molecule has 2 N–H and O–H groups in total. The average Bonchev–Trinajstić information content (AvgIpc) is 3.07. The van der Waals surface area contributed by atoms with Crippen molar-refractivity contribution in [2.75, 3.05) is 37.6 Å². The fourth-order valence-corrected chi connectivity index (χ4v) is 2.55. The highest BCUT2D eigenvalue weighted by Gasteiger charge is 2.12. The summed E-state index contributed by atoms with van der Waals surface area (Å²) in [5.41, 5.74) is 3.01. The minimum absolute atomic E-state index is 0.00390. The second kappa shape index (κ2) is 7.90. The van der Waals surface area contributed by atoms with Gasteiger partial charge in [0.25, 0.3) is 0 Å². The molecule has 0 fully saturated rings. The lowest BCUT2D eigenvalue weighted by atomic mass is 10.2. The van der Waals surface area contributed by atoms with Crippen LogP contribution in [0.25, 0.3) is 0 Å². The van der Waals surface area contributed by atoms with Crippen molar-refractivity contribution in [2.45, 2.75) is 13.0 Å². The second-order valence-electron chi connectivity index (χ2n) is 6.10. The SMILES string of the molecule is CN(C)c1ccc(NC(=O)CCNCc2ccc3c(c2)OCO3)cc1. The van der Waals surface area contributed by atoms with Gasteiger partial charge in [-0.15, -0.1) is 0 Å². The second-order valence-corrected chi connectivity index (χ2v) is 6.10. The van der Waals surface area contributed by atoms with Crippen LogP contribution >= 0.6 is 0 Å². The molecule has 1 amide bonds. The predicted octanol–water partition coefficient (Wildman–Crippen LogP) is 2.60. The van der Waals surface area contributed by atoms with Crippen molar-refractivity contribution >= 4 is 17.3 Å². The van der Waals surface area contributed by atoms with E-state index < -0.39 is 0 Å². The van der Waals surface area contributed by atoms with Gasteiger partial charge in [-0.25, -0.2) is 0 Å². The number of hydrogen-bond donors (Lipinski definition) is 2. The highest BCUT2D eigenvalue weighted by Crippen LogP contribution is 2.32. The topological polar surface area (TPSA) is 62.8 Å². The summed E-state index contributed by atoms with van der Waals surface area (Å²) in [5.74, 6) is 1.55. The van der Waals surface area contributed by atoms with Crippen LogP contribution in [0.3, 0.4) is 0 Å². The first-order valence-electron chi connectivity index (χ1n) is 8.28. The number of amides is 1. The number of anilines is 2. The van der Waals surface area contributed by atoms with E-state index in [1.807, 2.05) is 61.5 Å². The van der Waals surface area contributed by atoms with Crippen molar-refractivity contribution in [1.82, 2.24) is 5.32 Å². The number of fused-ring (bicyclic) bond motifs is 1. The molecule has 0 aliphatic carbocycles. The molecule has 0 unspecified atom stereocenters. The molecular weight excluding hydrogens is 318 g/mol. The number of benzene rings is 2. The summed E-state index contributed by atoms with van der Waals surface area (Å²) in [6, 6.07) is 13.6. The maximum atomic E-state index is 12.0. The first-order valence-corrected chi connectivity index (χ1v) is 8.28. The Kier molecular flexibility index (Phi) is 5.40. The van der Waals surface area contributed by atoms with Gasteiger partial charge in [-0.1, -0.05) is 6.07 Å². The molecule has 1 aliphatic heterocycles. The van der Waals surface area contributed by atoms with Gasteiger partial charge in [0.1, 0.15) is 0 Å². The van der Waals surface area contributed by atoms with Crippen LogP contribution in [0.4, 0.5) is 11.4 Å². The Balaban J connectivity index is 1.39. The molecule has 25 heavy (non-hydrogen) atoms. The van der Waals surface area contributed by atoms with Gasteiger partial charge in [-0.05, 0) is 42.0 Å². The molecular formula is C19H23N3O3. The van der Waals surface area contributed by atoms with E-state index in [4.69, 9.17) is 9.47 Å². The van der Waals surface area contributed by atoms with Gasteiger partial charge in [0.05, 0.1) is 0 Å². The van der Waals surface area contributed by atoms with Crippen LogP contribution in [0.15, 0.2) is 42.5 Å². The van der Waals surface area contributed by atoms with Crippen LogP contribution in [0.1, 0.15) is 12.0 Å². The standard InChI is InChI=1S/C19H23N3O3/c1-22(2)16-6-4-15(5-7-16)21-19(23)9-10-20-12-14-3-8-17-18(11-14)25-13-24-17/h3-8,11,20H,9-10,12-13H2,1-2H3,(H,21,23). The molecule has 0 atom stereocenters. The summed E-state index contributed by atoms with van der Waals surface area (Å²) in [6.07, 6.45) is 0.417. The molecule has 6 nitrogen and oxygen atoms in total. The van der Waals surface area contributed by atoms with E-state index in [0.29, 0.717) is 19.5 Å². The Bertz CT molecular complexity index is 729. The number of carbonyl (C=O) groups excluding carboxylic acids is 1. The molecule has 3 rings (SSSR count). The molecule has 1 aliphatic rings. The molecule has 2 aromatic carbocycles. The number of nitrogens with zero attached hydrogens (tertiary/aromatic N) is 1. The van der Waals surface area contributed by atoms with E-state index in [1.165, 1.54) is 0 Å². The van der Waals surface area contributed by atoms with Crippen LogP contribution in [0.5, 0.6) is 11.5 Å². The zero-order valence-corrected chi connectivity index (χ0v) is 14.5. The average molecular weight is 341 g/mol. The van der Waals surface area contributed by atoms with E-state index in [0.717, 1.165) is 28.4 Å². The lowest BCUT2D eigenvalue weighted by molar-refractivity contribution is -0.116. The molecule has 132 valence electrons. The molecule has 0 radical (unpaired) electrons. The molecule has 1 heterocycles. The molecule has 0 aromatic heterocycles. The third-order valence-corrected chi connectivity index (χ3v) is 3.96. The van der Waals surface area contributed by atoms with E-state index in [-0.39, 0.29) is 12.7 Å². The highest BCUT2D eigenvalue weighted by atomic mass is 16.7. The lowest BCUT2D eigenvalue weighted by Crippen LogP contribution is -2.21. The predicted molar refractivity (Wildman–Crippen MR) is 98.3 cm³/mol. The molecule has 0 spiro atoms. The summed E-state index contributed by atoms with van der Waals surface area (Å²) >= 11 is 0. The quantitative estimate of drug-likeness (QED) is 0.758. The first-order chi connectivity index (χ1) is 12.1. The number of hydrogen-bond acceptors (Lipinski definition) is 5. The zero-order chi connectivity index (χ0) is 17.6. The molecule has 0 bridgehead atoms. The third-order valence-electron chi connectivity index (χ3n) is 3.96. The van der Waals surface area contributed by atoms with Gasteiger partial charge in [-0.2, -0.15) is 0 Å². The zero-order valence-electron chi connectivity index (χ0n) is 14.5. The van der Waals surface area contributed by atoms with Gasteiger partial charge in [-0.3, -0.25) is 4.79 Å². The van der Waals surface area contributed by atoms with Crippen molar-refractivity contribution < 1.29 is 14.3 Å². The fraction of sp³-hybridized carbons (Fsp3) is 0.316. The van der Waals surface area contributed by atoms with Crippen LogP contribution in [0.2, 0.25) is 0 Å². The minimum atomic E-state index is -0.00390. The van der Waals surface area contributed by atoms with Crippen molar-refractivity contribution in [3.63, 3.8) is 0 Å². The Morgan fingerprint density at radius 1 is 1.08 bits per heavy atom. The monoisotopic (exact) mass is 341 g/mol. The normalized spacial score (nSPS) is 12.1.